The largest absolute Gasteiger partial charge is 0.444 e. The summed E-state index contributed by atoms with van der Waals surface area (Å²) in [6.45, 7) is 9.41. The van der Waals surface area contributed by atoms with Gasteiger partial charge in [0, 0.05) is 11.8 Å². The lowest BCUT2D eigenvalue weighted by atomic mass is 9.69. The molecule has 3 fully saturated rings. The summed E-state index contributed by atoms with van der Waals surface area (Å²) in [5.41, 5.74) is -0.212. The first kappa shape index (κ1) is 24.5. The molecule has 1 aromatic rings. The van der Waals surface area contributed by atoms with E-state index >= 15 is 0 Å². The van der Waals surface area contributed by atoms with E-state index in [4.69, 9.17) is 10.00 Å². The van der Waals surface area contributed by atoms with Gasteiger partial charge in [-0.1, -0.05) is 26.0 Å². The van der Waals surface area contributed by atoms with Crippen LogP contribution in [0.5, 0.6) is 0 Å². The fourth-order valence-corrected chi connectivity index (χ4v) is 8.91. The molecule has 0 aromatic heterocycles. The van der Waals surface area contributed by atoms with Crippen LogP contribution in [0.3, 0.4) is 0 Å². The Balaban J connectivity index is 1.65. The fraction of sp³-hybridized carbons (Fsp3) is 0.640. The van der Waals surface area contributed by atoms with Gasteiger partial charge in [0.25, 0.3) is 5.91 Å². The molecule has 4 rings (SSSR count). The van der Waals surface area contributed by atoms with Crippen molar-refractivity contribution in [2.75, 3.05) is 5.75 Å². The predicted molar refractivity (Wildman–Crippen MR) is 126 cm³/mol. The molecule has 1 saturated heterocycles. The number of fused-ring (bicyclic) bond motifs is 1. The van der Waals surface area contributed by atoms with E-state index in [9.17, 15) is 18.0 Å². The number of alkyl carbamates (subject to hydrolysis) is 1. The van der Waals surface area contributed by atoms with Gasteiger partial charge < -0.3 is 10.1 Å². The van der Waals surface area contributed by atoms with E-state index in [2.05, 4.69) is 19.2 Å². The Morgan fingerprint density at radius 1 is 1.26 bits per heavy atom. The average Bonchev–Trinajstić information content (AvgIpc) is 3.20. The Kier molecular flexibility index (Phi) is 5.75. The van der Waals surface area contributed by atoms with Crippen LogP contribution in [0, 0.1) is 28.1 Å². The quantitative estimate of drug-likeness (QED) is 0.696. The molecule has 1 N–H and O–H groups in total. The van der Waals surface area contributed by atoms with Crippen LogP contribution in [0.2, 0.25) is 0 Å². The number of sulfonamides is 1. The third kappa shape index (κ3) is 3.96. The van der Waals surface area contributed by atoms with Gasteiger partial charge in [-0.3, -0.25) is 4.79 Å². The Labute approximate surface area is 201 Å². The van der Waals surface area contributed by atoms with Crippen LogP contribution in [-0.4, -0.2) is 48.2 Å². The molecule has 3 aliphatic rings. The molecule has 1 aromatic carbocycles. The van der Waals surface area contributed by atoms with Crippen molar-refractivity contribution in [3.63, 3.8) is 0 Å². The zero-order chi connectivity index (χ0) is 25.1. The maximum absolute atomic E-state index is 13.8. The summed E-state index contributed by atoms with van der Waals surface area (Å²) in [6.07, 6.45) is 1.74. The minimum Gasteiger partial charge on any atom is -0.444 e. The van der Waals surface area contributed by atoms with Crippen LogP contribution in [0.1, 0.15) is 65.0 Å². The normalized spacial score (nSPS) is 29.2. The van der Waals surface area contributed by atoms with E-state index in [1.54, 1.807) is 45.0 Å². The van der Waals surface area contributed by atoms with Gasteiger partial charge in [0.1, 0.15) is 11.6 Å². The number of ether oxygens (including phenoxy) is 1. The van der Waals surface area contributed by atoms with Crippen LogP contribution in [0.15, 0.2) is 24.3 Å². The molecular formula is C25H33N3O5S. The third-order valence-corrected chi connectivity index (χ3v) is 10.1. The standard InChI is InChI=1S/C25H33N3O5S/c1-23(2,3)33-22(30)27-19(12-16-6-8-17(14-26)9-7-16)21(29)28-20-13-18-10-11-25(20,24(18,4)5)15-34(28,31)32/h6-9,18-20H,10-13,15H2,1-5H3,(H,27,30)/t18?,19-,20+,25?/m0/s1. The van der Waals surface area contributed by atoms with Crippen molar-refractivity contribution in [3.8, 4) is 6.07 Å². The summed E-state index contributed by atoms with van der Waals surface area (Å²) in [5.74, 6) is -0.282. The van der Waals surface area contributed by atoms with E-state index in [0.29, 0.717) is 23.5 Å². The molecule has 2 bridgehead atoms. The van der Waals surface area contributed by atoms with Crippen molar-refractivity contribution in [1.82, 2.24) is 9.62 Å². The number of nitrogens with one attached hydrogen (secondary N) is 1. The van der Waals surface area contributed by atoms with Crippen LogP contribution >= 0.6 is 0 Å². The van der Waals surface area contributed by atoms with E-state index in [1.165, 1.54) is 0 Å². The summed E-state index contributed by atoms with van der Waals surface area (Å²) < 4.78 is 33.2. The molecule has 4 atom stereocenters. The fourth-order valence-electron chi connectivity index (χ4n) is 6.33. The minimum absolute atomic E-state index is 0.0318. The van der Waals surface area contributed by atoms with Crippen molar-refractivity contribution < 1.29 is 22.7 Å². The second-order valence-electron chi connectivity index (χ2n) is 11.5. The Morgan fingerprint density at radius 2 is 1.91 bits per heavy atom. The smallest absolute Gasteiger partial charge is 0.408 e. The third-order valence-electron chi connectivity index (χ3n) is 8.14. The summed E-state index contributed by atoms with van der Waals surface area (Å²) in [4.78, 5) is 26.4. The van der Waals surface area contributed by atoms with Crippen molar-refractivity contribution in [3.05, 3.63) is 35.4 Å². The molecule has 8 nitrogen and oxygen atoms in total. The van der Waals surface area contributed by atoms with Gasteiger partial charge in [0.2, 0.25) is 10.0 Å². The van der Waals surface area contributed by atoms with Gasteiger partial charge in [0.15, 0.2) is 0 Å². The monoisotopic (exact) mass is 487 g/mol. The van der Waals surface area contributed by atoms with Gasteiger partial charge in [-0.15, -0.1) is 0 Å². The molecule has 2 amide bonds. The number of hydrogen-bond donors (Lipinski definition) is 1. The number of benzene rings is 1. The van der Waals surface area contributed by atoms with Crippen LogP contribution in [0.4, 0.5) is 4.79 Å². The van der Waals surface area contributed by atoms with Crippen molar-refractivity contribution in [1.29, 1.82) is 5.26 Å². The molecule has 2 saturated carbocycles. The summed E-state index contributed by atoms with van der Waals surface area (Å²) in [5, 5.41) is 11.7. The summed E-state index contributed by atoms with van der Waals surface area (Å²) in [7, 11) is -3.83. The number of carbonyl (C=O) groups excluding carboxylic acids is 2. The first-order valence-corrected chi connectivity index (χ1v) is 13.4. The number of nitrogens with zero attached hydrogens (tertiary/aromatic N) is 2. The summed E-state index contributed by atoms with van der Waals surface area (Å²) in [6, 6.07) is 7.21. The highest BCUT2D eigenvalue weighted by Gasteiger charge is 2.72. The van der Waals surface area contributed by atoms with E-state index < -0.39 is 39.1 Å². The first-order chi connectivity index (χ1) is 15.7. The van der Waals surface area contributed by atoms with Crippen molar-refractivity contribution in [2.24, 2.45) is 16.7 Å². The second kappa shape index (κ2) is 7.98. The van der Waals surface area contributed by atoms with Gasteiger partial charge >= 0.3 is 6.09 Å². The SMILES string of the molecule is CC(C)(C)OC(=O)N[C@@H](Cc1ccc(C#N)cc1)C(=O)N1[C@@H]2CC3CCC2(CS1(=O)=O)C3(C)C. The number of nitriles is 1. The predicted octanol–water partition coefficient (Wildman–Crippen LogP) is 3.36. The molecule has 2 unspecified atom stereocenters. The maximum atomic E-state index is 13.8. The van der Waals surface area contributed by atoms with E-state index in [0.717, 1.165) is 17.1 Å². The highest BCUT2D eigenvalue weighted by molar-refractivity contribution is 7.90. The molecular weight excluding hydrogens is 454 g/mol. The Bertz CT molecular complexity index is 1150. The zero-order valence-electron chi connectivity index (χ0n) is 20.4. The number of rotatable bonds is 4. The molecule has 184 valence electrons. The Hall–Kier alpha value is -2.60. The van der Waals surface area contributed by atoms with Crippen molar-refractivity contribution >= 4 is 22.0 Å². The average molecular weight is 488 g/mol. The molecule has 1 spiro atoms. The van der Waals surface area contributed by atoms with Crippen LogP contribution < -0.4 is 5.32 Å². The first-order valence-electron chi connectivity index (χ1n) is 11.7. The molecule has 0 radical (unpaired) electrons. The Morgan fingerprint density at radius 3 is 2.47 bits per heavy atom. The van der Waals surface area contributed by atoms with Gasteiger partial charge in [-0.05, 0) is 69.1 Å². The summed E-state index contributed by atoms with van der Waals surface area (Å²) >= 11 is 0. The number of carbonyl (C=O) groups is 2. The lowest BCUT2D eigenvalue weighted by Crippen LogP contribution is -2.54. The molecule has 1 aliphatic heterocycles. The molecule has 9 heteroatoms. The maximum Gasteiger partial charge on any atom is 0.408 e. The van der Waals surface area contributed by atoms with E-state index in [1.807, 2.05) is 6.07 Å². The van der Waals surface area contributed by atoms with Gasteiger partial charge in [0.05, 0.1) is 23.4 Å². The van der Waals surface area contributed by atoms with Gasteiger partial charge in [-0.2, -0.15) is 5.26 Å². The van der Waals surface area contributed by atoms with Gasteiger partial charge in [-0.25, -0.2) is 17.5 Å². The minimum atomic E-state index is -3.83. The lowest BCUT2D eigenvalue weighted by molar-refractivity contribution is -0.131. The molecule has 2 aliphatic carbocycles. The van der Waals surface area contributed by atoms with E-state index in [-0.39, 0.29) is 23.6 Å². The topological polar surface area (TPSA) is 117 Å². The molecule has 34 heavy (non-hydrogen) atoms. The number of hydrogen-bond acceptors (Lipinski definition) is 6. The lowest BCUT2D eigenvalue weighted by Gasteiger charge is -2.37. The highest BCUT2D eigenvalue weighted by Crippen LogP contribution is 2.70. The zero-order valence-corrected chi connectivity index (χ0v) is 21.2. The van der Waals surface area contributed by atoms with Crippen LogP contribution in [0.25, 0.3) is 0 Å². The second-order valence-corrected chi connectivity index (χ2v) is 13.3. The highest BCUT2D eigenvalue weighted by atomic mass is 32.2. The number of amides is 2. The van der Waals surface area contributed by atoms with Crippen molar-refractivity contribution in [2.45, 2.75) is 78.0 Å². The molecule has 1 heterocycles. The van der Waals surface area contributed by atoms with Crippen LogP contribution in [-0.2, 0) is 26.0 Å².